The van der Waals surface area contributed by atoms with Crippen LogP contribution in [-0.4, -0.2) is 13.5 Å². The maximum absolute atomic E-state index is 6.60. The van der Waals surface area contributed by atoms with Gasteiger partial charge in [0.2, 0.25) is 0 Å². The molecule has 3 heteroatoms. The molecular formula is C18H23BNO. The normalized spacial score (nSPS) is 13.2. The van der Waals surface area contributed by atoms with E-state index in [0.29, 0.717) is 0 Å². The molecule has 0 aliphatic carbocycles. The van der Waals surface area contributed by atoms with Crippen LogP contribution < -0.4 is 5.73 Å². The summed E-state index contributed by atoms with van der Waals surface area (Å²) in [6.45, 7) is 6.16. The summed E-state index contributed by atoms with van der Waals surface area (Å²) in [5, 5.41) is 0. The van der Waals surface area contributed by atoms with Gasteiger partial charge in [-0.1, -0.05) is 81.3 Å². The van der Waals surface area contributed by atoms with Crippen LogP contribution >= 0.6 is 0 Å². The summed E-state index contributed by atoms with van der Waals surface area (Å²) in [6.07, 6.45) is 0. The molecule has 0 aromatic heterocycles. The summed E-state index contributed by atoms with van der Waals surface area (Å²) in [5.74, 6) is 0.283. The molecule has 2 nitrogen and oxygen atoms in total. The average Bonchev–Trinajstić information content (AvgIpc) is 2.53. The zero-order chi connectivity index (χ0) is 15.3. The standard InChI is InChI=1S/C18H23BNO/c1-14(2)17(20)18(21-19-3,15-10-6-4-7-11-15)16-12-8-5-9-13-16/h4-14,17H,20H2,1-3H3/t17-/m1/s1. The van der Waals surface area contributed by atoms with Crippen LogP contribution in [0.1, 0.15) is 25.0 Å². The van der Waals surface area contributed by atoms with Crippen LogP contribution in [-0.2, 0) is 10.3 Å². The molecule has 2 aromatic carbocycles. The molecule has 109 valence electrons. The van der Waals surface area contributed by atoms with E-state index < -0.39 is 5.60 Å². The number of rotatable bonds is 6. The molecule has 0 fully saturated rings. The fraction of sp³-hybridized carbons (Fsp3) is 0.333. The van der Waals surface area contributed by atoms with Crippen molar-refractivity contribution < 1.29 is 4.65 Å². The average molecular weight is 280 g/mol. The van der Waals surface area contributed by atoms with Crippen molar-refractivity contribution >= 4 is 7.48 Å². The Morgan fingerprint density at radius 2 is 1.33 bits per heavy atom. The first-order valence-electron chi connectivity index (χ1n) is 7.45. The largest absolute Gasteiger partial charge is 0.427 e. The Morgan fingerprint density at radius 3 is 1.67 bits per heavy atom. The van der Waals surface area contributed by atoms with E-state index in [1.807, 2.05) is 43.2 Å². The van der Waals surface area contributed by atoms with E-state index in [1.165, 1.54) is 0 Å². The zero-order valence-electron chi connectivity index (χ0n) is 13.0. The van der Waals surface area contributed by atoms with Gasteiger partial charge >= 0.3 is 0 Å². The van der Waals surface area contributed by atoms with Crippen molar-refractivity contribution in [2.24, 2.45) is 11.7 Å². The van der Waals surface area contributed by atoms with Crippen molar-refractivity contribution in [3.8, 4) is 0 Å². The first-order chi connectivity index (χ1) is 10.1. The van der Waals surface area contributed by atoms with Gasteiger partial charge in [0.1, 0.15) is 5.60 Å². The van der Waals surface area contributed by atoms with Gasteiger partial charge in [0.05, 0.1) is 0 Å². The third-order valence-corrected chi connectivity index (χ3v) is 3.90. The van der Waals surface area contributed by atoms with Gasteiger partial charge in [0, 0.05) is 6.04 Å². The fourth-order valence-corrected chi connectivity index (χ4v) is 2.79. The molecule has 0 aliphatic heterocycles. The molecule has 1 atom stereocenters. The van der Waals surface area contributed by atoms with Crippen LogP contribution in [0.25, 0.3) is 0 Å². The number of benzene rings is 2. The van der Waals surface area contributed by atoms with Crippen LogP contribution in [0.15, 0.2) is 60.7 Å². The third kappa shape index (κ3) is 3.04. The van der Waals surface area contributed by atoms with E-state index in [0.717, 1.165) is 11.1 Å². The minimum atomic E-state index is -0.661. The van der Waals surface area contributed by atoms with Crippen molar-refractivity contribution in [2.45, 2.75) is 32.3 Å². The molecule has 0 amide bonds. The number of nitrogens with two attached hydrogens (primary N) is 1. The minimum Gasteiger partial charge on any atom is -0.427 e. The molecule has 0 aliphatic rings. The van der Waals surface area contributed by atoms with Gasteiger partial charge in [-0.05, 0) is 17.0 Å². The predicted molar refractivity (Wildman–Crippen MR) is 89.2 cm³/mol. The van der Waals surface area contributed by atoms with E-state index >= 15 is 0 Å². The number of hydrogen-bond acceptors (Lipinski definition) is 2. The summed E-state index contributed by atoms with van der Waals surface area (Å²) in [5.41, 5.74) is 8.10. The molecule has 0 saturated carbocycles. The van der Waals surface area contributed by atoms with Crippen molar-refractivity contribution in [2.75, 3.05) is 0 Å². The summed E-state index contributed by atoms with van der Waals surface area (Å²) < 4.78 is 6.17. The molecule has 0 saturated heterocycles. The van der Waals surface area contributed by atoms with Crippen LogP contribution in [0.4, 0.5) is 0 Å². The van der Waals surface area contributed by atoms with Gasteiger partial charge in [-0.25, -0.2) is 0 Å². The molecule has 2 N–H and O–H groups in total. The Kier molecular flexibility index (Phi) is 5.21. The van der Waals surface area contributed by atoms with Gasteiger partial charge in [0.25, 0.3) is 7.48 Å². The topological polar surface area (TPSA) is 35.2 Å². The minimum absolute atomic E-state index is 0.154. The summed E-state index contributed by atoms with van der Waals surface area (Å²) in [4.78, 5) is 0. The molecule has 0 unspecified atom stereocenters. The fourth-order valence-electron chi connectivity index (χ4n) is 2.79. The van der Waals surface area contributed by atoms with Crippen LogP contribution in [0, 0.1) is 5.92 Å². The Labute approximate surface area is 128 Å². The molecule has 0 spiro atoms. The third-order valence-electron chi connectivity index (χ3n) is 3.90. The van der Waals surface area contributed by atoms with E-state index in [1.54, 1.807) is 7.48 Å². The summed E-state index contributed by atoms with van der Waals surface area (Å²) in [6, 6.07) is 20.3. The van der Waals surface area contributed by atoms with Gasteiger partial charge in [-0.2, -0.15) is 0 Å². The lowest BCUT2D eigenvalue weighted by Gasteiger charge is -2.42. The Hall–Kier alpha value is -1.58. The molecule has 1 radical (unpaired) electrons. The van der Waals surface area contributed by atoms with Crippen molar-refractivity contribution in [3.05, 3.63) is 71.8 Å². The van der Waals surface area contributed by atoms with Gasteiger partial charge in [-0.15, -0.1) is 0 Å². The Balaban J connectivity index is 2.66. The second kappa shape index (κ2) is 6.92. The van der Waals surface area contributed by atoms with Crippen LogP contribution in [0.5, 0.6) is 0 Å². The van der Waals surface area contributed by atoms with Gasteiger partial charge in [0.15, 0.2) is 0 Å². The van der Waals surface area contributed by atoms with Gasteiger partial charge in [-0.3, -0.25) is 0 Å². The highest BCUT2D eigenvalue weighted by Gasteiger charge is 2.41. The first-order valence-corrected chi connectivity index (χ1v) is 7.45. The van der Waals surface area contributed by atoms with E-state index in [-0.39, 0.29) is 12.0 Å². The van der Waals surface area contributed by atoms with E-state index in [9.17, 15) is 0 Å². The maximum atomic E-state index is 6.60. The Bertz CT molecular complexity index is 502. The second-order valence-corrected chi connectivity index (χ2v) is 5.59. The molecule has 21 heavy (non-hydrogen) atoms. The molecule has 0 bridgehead atoms. The monoisotopic (exact) mass is 280 g/mol. The molecule has 0 heterocycles. The van der Waals surface area contributed by atoms with E-state index in [4.69, 9.17) is 10.4 Å². The molecule has 2 aromatic rings. The summed E-state index contributed by atoms with van der Waals surface area (Å²) >= 11 is 0. The lowest BCUT2D eigenvalue weighted by Crippen LogP contribution is -2.51. The van der Waals surface area contributed by atoms with E-state index in [2.05, 4.69) is 38.1 Å². The first kappa shape index (κ1) is 15.8. The maximum Gasteiger partial charge on any atom is 0.290 e. The highest BCUT2D eigenvalue weighted by atomic mass is 16.5. The smallest absolute Gasteiger partial charge is 0.290 e. The van der Waals surface area contributed by atoms with Crippen LogP contribution in [0.2, 0.25) is 6.82 Å². The Morgan fingerprint density at radius 1 is 0.905 bits per heavy atom. The van der Waals surface area contributed by atoms with Crippen molar-refractivity contribution in [1.82, 2.24) is 0 Å². The highest BCUT2D eigenvalue weighted by Crippen LogP contribution is 2.38. The molecular weight excluding hydrogens is 257 g/mol. The van der Waals surface area contributed by atoms with Gasteiger partial charge < -0.3 is 10.4 Å². The second-order valence-electron chi connectivity index (χ2n) is 5.59. The number of hydrogen-bond donors (Lipinski definition) is 1. The predicted octanol–water partition coefficient (Wildman–Crippen LogP) is 3.60. The quantitative estimate of drug-likeness (QED) is 0.820. The highest BCUT2D eigenvalue weighted by molar-refractivity contribution is 6.25. The SMILES string of the molecule is C[B]OC(c1ccccc1)(c1ccccc1)[C@H](N)C(C)C. The summed E-state index contributed by atoms with van der Waals surface area (Å²) in [7, 11) is 1.74. The lowest BCUT2D eigenvalue weighted by atomic mass is 9.75. The van der Waals surface area contributed by atoms with Crippen molar-refractivity contribution in [3.63, 3.8) is 0 Å². The lowest BCUT2D eigenvalue weighted by molar-refractivity contribution is 0.0674. The van der Waals surface area contributed by atoms with Crippen LogP contribution in [0.3, 0.4) is 0 Å². The van der Waals surface area contributed by atoms with Crippen molar-refractivity contribution in [1.29, 1.82) is 0 Å². The molecule has 2 rings (SSSR count). The zero-order valence-corrected chi connectivity index (χ0v) is 13.0.